The van der Waals surface area contributed by atoms with Gasteiger partial charge in [0.15, 0.2) is 12.4 Å². The van der Waals surface area contributed by atoms with Crippen LogP contribution in [0.15, 0.2) is 24.5 Å². The molecule has 1 N–H and O–H groups in total. The maximum Gasteiger partial charge on any atom is 0.167 e. The lowest BCUT2D eigenvalue weighted by Crippen LogP contribution is -1.98. The van der Waals surface area contributed by atoms with Gasteiger partial charge in [0.2, 0.25) is 0 Å². The van der Waals surface area contributed by atoms with E-state index in [1.54, 1.807) is 0 Å². The van der Waals surface area contributed by atoms with Crippen molar-refractivity contribution in [1.82, 2.24) is 0 Å². The molecule has 0 atom stereocenters. The van der Waals surface area contributed by atoms with Crippen LogP contribution in [-0.2, 0) is 6.32 Å². The number of halogens is 1. The van der Waals surface area contributed by atoms with Crippen LogP contribution in [-0.4, -0.2) is 13.7 Å². The highest BCUT2D eigenvalue weighted by Gasteiger charge is 1.84. The highest BCUT2D eigenvalue weighted by atomic mass is 79.9. The molecule has 0 saturated carbocycles. The van der Waals surface area contributed by atoms with E-state index in [0.717, 1.165) is 5.56 Å². The predicted octanol–water partition coefficient (Wildman–Crippen LogP) is 1.18. The van der Waals surface area contributed by atoms with Crippen molar-refractivity contribution in [1.29, 1.82) is 0 Å². The summed E-state index contributed by atoms with van der Waals surface area (Å²) in [4.78, 5) is 2.91. The Balaban J connectivity index is 0.000000371. The Morgan fingerprint density at radius 3 is 2.20 bits per heavy atom. The minimum absolute atomic E-state index is 0.620. The second kappa shape index (κ2) is 6.81. The maximum absolute atomic E-state index is 5.34. The molecule has 0 spiro atoms. The molecule has 1 rings (SSSR count). The summed E-state index contributed by atoms with van der Waals surface area (Å²) in [7, 11) is 5.34. The average Bonchev–Trinajstić information content (AvgIpc) is 2.10. The third-order valence-electron chi connectivity index (χ3n) is 1.02. The SMILES string of the molecule is CBr.[B]Cc1cc[nH+]cc1. The van der Waals surface area contributed by atoms with Crippen LogP contribution >= 0.6 is 15.9 Å². The van der Waals surface area contributed by atoms with Gasteiger partial charge in [-0.15, -0.1) is 0 Å². The number of H-pyrrole nitrogens is 1. The highest BCUT2D eigenvalue weighted by Crippen LogP contribution is 1.90. The minimum atomic E-state index is 0.620. The Kier molecular flexibility index (Phi) is 6.60. The molecule has 0 amide bonds. The van der Waals surface area contributed by atoms with Crippen molar-refractivity contribution in [2.24, 2.45) is 0 Å². The number of aromatic amines is 1. The van der Waals surface area contributed by atoms with Crippen LogP contribution in [0.4, 0.5) is 0 Å². The Morgan fingerprint density at radius 2 is 1.90 bits per heavy atom. The lowest BCUT2D eigenvalue weighted by Gasteiger charge is -1.85. The molecule has 1 aromatic heterocycles. The molecule has 10 heavy (non-hydrogen) atoms. The van der Waals surface area contributed by atoms with Crippen LogP contribution in [0.25, 0.3) is 0 Å². The van der Waals surface area contributed by atoms with E-state index in [4.69, 9.17) is 7.85 Å². The first-order valence-electron chi connectivity index (χ1n) is 2.96. The van der Waals surface area contributed by atoms with E-state index in [0.29, 0.717) is 6.32 Å². The number of aromatic nitrogens is 1. The molecular formula is C7H10BBrN+. The van der Waals surface area contributed by atoms with Crippen molar-refractivity contribution in [2.45, 2.75) is 6.32 Å². The number of hydrogen-bond donors (Lipinski definition) is 0. The standard InChI is InChI=1S/C6H6BN.CH3Br/c7-5-6-1-3-8-4-2-6;1-2/h1-4H,5H2;1H3/p+1. The molecule has 3 heteroatoms. The summed E-state index contributed by atoms with van der Waals surface area (Å²) in [6.07, 6.45) is 4.35. The van der Waals surface area contributed by atoms with Gasteiger partial charge in [-0.3, -0.25) is 0 Å². The molecule has 0 saturated heterocycles. The average molecular weight is 199 g/mol. The van der Waals surface area contributed by atoms with Crippen LogP contribution in [0.5, 0.6) is 0 Å². The number of pyridine rings is 1. The van der Waals surface area contributed by atoms with Crippen molar-refractivity contribution < 1.29 is 4.98 Å². The minimum Gasteiger partial charge on any atom is -0.218 e. The number of nitrogens with one attached hydrogen (secondary N) is 1. The van der Waals surface area contributed by atoms with E-state index in [2.05, 4.69) is 20.9 Å². The fourth-order valence-corrected chi connectivity index (χ4v) is 0.557. The molecular weight excluding hydrogens is 189 g/mol. The van der Waals surface area contributed by atoms with E-state index in [9.17, 15) is 0 Å². The molecule has 52 valence electrons. The normalized spacial score (nSPS) is 7.80. The van der Waals surface area contributed by atoms with Crippen molar-refractivity contribution in [3.05, 3.63) is 30.1 Å². The summed E-state index contributed by atoms with van der Waals surface area (Å²) in [5.41, 5.74) is 1.16. The van der Waals surface area contributed by atoms with Crippen LogP contribution < -0.4 is 4.98 Å². The van der Waals surface area contributed by atoms with E-state index in [1.807, 2.05) is 30.4 Å². The summed E-state index contributed by atoms with van der Waals surface area (Å²) >= 11 is 2.94. The van der Waals surface area contributed by atoms with E-state index in [-0.39, 0.29) is 0 Å². The molecule has 0 aliphatic heterocycles. The Hall–Kier alpha value is -0.305. The molecule has 2 radical (unpaired) electrons. The van der Waals surface area contributed by atoms with Gasteiger partial charge in [0, 0.05) is 12.1 Å². The van der Waals surface area contributed by atoms with Crippen molar-refractivity contribution in [3.8, 4) is 0 Å². The van der Waals surface area contributed by atoms with Gasteiger partial charge in [-0.25, -0.2) is 4.98 Å². The largest absolute Gasteiger partial charge is 0.218 e. The Labute approximate surface area is 71.4 Å². The second-order valence-electron chi connectivity index (χ2n) is 1.61. The van der Waals surface area contributed by atoms with Gasteiger partial charge in [-0.1, -0.05) is 22.3 Å². The molecule has 0 aliphatic rings. The van der Waals surface area contributed by atoms with E-state index in [1.165, 1.54) is 0 Å². The fraction of sp³-hybridized carbons (Fsp3) is 0.286. The van der Waals surface area contributed by atoms with Crippen LogP contribution in [0.3, 0.4) is 0 Å². The molecule has 1 nitrogen and oxygen atoms in total. The second-order valence-corrected chi connectivity index (χ2v) is 1.61. The van der Waals surface area contributed by atoms with Gasteiger partial charge in [0.25, 0.3) is 0 Å². The smallest absolute Gasteiger partial charge is 0.167 e. The first-order valence-corrected chi connectivity index (χ1v) is 4.55. The highest BCUT2D eigenvalue weighted by molar-refractivity contribution is 9.08. The van der Waals surface area contributed by atoms with Gasteiger partial charge >= 0.3 is 0 Å². The molecule has 1 heterocycles. The van der Waals surface area contributed by atoms with Crippen LogP contribution in [0.1, 0.15) is 5.56 Å². The zero-order valence-corrected chi connectivity index (χ0v) is 7.56. The van der Waals surface area contributed by atoms with Crippen molar-refractivity contribution in [3.63, 3.8) is 0 Å². The maximum atomic E-state index is 5.34. The molecule has 0 fully saturated rings. The van der Waals surface area contributed by atoms with Crippen LogP contribution in [0, 0.1) is 0 Å². The van der Waals surface area contributed by atoms with Gasteiger partial charge < -0.3 is 0 Å². The fourth-order valence-electron chi connectivity index (χ4n) is 0.557. The van der Waals surface area contributed by atoms with Crippen LogP contribution in [0.2, 0.25) is 0 Å². The molecule has 0 aromatic carbocycles. The quantitative estimate of drug-likeness (QED) is 0.476. The van der Waals surface area contributed by atoms with Gasteiger partial charge in [0.1, 0.15) is 0 Å². The summed E-state index contributed by atoms with van der Waals surface area (Å²) in [6, 6.07) is 3.92. The monoisotopic (exact) mass is 198 g/mol. The van der Waals surface area contributed by atoms with Gasteiger partial charge in [0.05, 0.1) is 7.85 Å². The van der Waals surface area contributed by atoms with E-state index >= 15 is 0 Å². The molecule has 0 bridgehead atoms. The Morgan fingerprint density at radius 1 is 1.40 bits per heavy atom. The summed E-state index contributed by atoms with van der Waals surface area (Å²) in [5.74, 6) is 1.81. The summed E-state index contributed by atoms with van der Waals surface area (Å²) in [6.45, 7) is 0. The van der Waals surface area contributed by atoms with Crippen molar-refractivity contribution >= 4 is 23.8 Å². The summed E-state index contributed by atoms with van der Waals surface area (Å²) in [5, 5.41) is 0. The zero-order valence-electron chi connectivity index (χ0n) is 5.97. The number of alkyl halides is 1. The molecule has 0 aliphatic carbocycles. The third-order valence-corrected chi connectivity index (χ3v) is 1.02. The predicted molar refractivity (Wildman–Crippen MR) is 47.3 cm³/mol. The molecule has 0 unspecified atom stereocenters. The van der Waals surface area contributed by atoms with Crippen molar-refractivity contribution in [2.75, 3.05) is 5.83 Å². The lowest BCUT2D eigenvalue weighted by molar-refractivity contribution is -0.378. The summed E-state index contributed by atoms with van der Waals surface area (Å²) < 4.78 is 0. The third kappa shape index (κ3) is 3.67. The van der Waals surface area contributed by atoms with Gasteiger partial charge in [-0.05, 0) is 11.4 Å². The topological polar surface area (TPSA) is 14.1 Å². The number of hydrogen-bond acceptors (Lipinski definition) is 0. The van der Waals surface area contributed by atoms with E-state index < -0.39 is 0 Å². The zero-order chi connectivity index (χ0) is 7.82. The first-order chi connectivity index (χ1) is 4.93. The van der Waals surface area contributed by atoms with Gasteiger partial charge in [-0.2, -0.15) is 0 Å². The first kappa shape index (κ1) is 9.69. The molecule has 1 aromatic rings. The number of rotatable bonds is 1. The lowest BCUT2D eigenvalue weighted by atomic mass is 9.98. The Bertz CT molecular complexity index is 155.